The summed E-state index contributed by atoms with van der Waals surface area (Å²) in [5.74, 6) is 2.06. The van der Waals surface area contributed by atoms with E-state index < -0.39 is 0 Å². The van der Waals surface area contributed by atoms with Crippen molar-refractivity contribution in [2.75, 3.05) is 6.54 Å². The summed E-state index contributed by atoms with van der Waals surface area (Å²) in [6.45, 7) is 1.10. The number of nitrogens with one attached hydrogen (secondary N) is 1. The third kappa shape index (κ3) is 3.26. The lowest BCUT2D eigenvalue weighted by Crippen LogP contribution is -2.24. The first kappa shape index (κ1) is 13.3. The molecule has 1 fully saturated rings. The van der Waals surface area contributed by atoms with Gasteiger partial charge in [-0.15, -0.1) is 0 Å². The van der Waals surface area contributed by atoms with Gasteiger partial charge < -0.3 is 10.1 Å². The van der Waals surface area contributed by atoms with Crippen molar-refractivity contribution >= 4 is 11.6 Å². The van der Waals surface area contributed by atoms with Crippen molar-refractivity contribution < 1.29 is 4.74 Å². The molecule has 5 heteroatoms. The molecular formula is C15H16ClN3O. The van der Waals surface area contributed by atoms with Gasteiger partial charge in [0, 0.05) is 12.5 Å². The third-order valence-corrected chi connectivity index (χ3v) is 3.65. The van der Waals surface area contributed by atoms with Crippen LogP contribution >= 0.6 is 11.6 Å². The Morgan fingerprint density at radius 3 is 2.75 bits per heavy atom. The molecule has 1 aromatic heterocycles. The molecule has 104 valence electrons. The molecule has 1 N–H and O–H groups in total. The summed E-state index contributed by atoms with van der Waals surface area (Å²) < 4.78 is 5.66. The fourth-order valence-corrected chi connectivity index (χ4v) is 2.48. The second kappa shape index (κ2) is 6.20. The van der Waals surface area contributed by atoms with Crippen molar-refractivity contribution in [1.82, 2.24) is 15.3 Å². The van der Waals surface area contributed by atoms with E-state index in [1.165, 1.54) is 12.8 Å². The molecule has 0 spiro atoms. The van der Waals surface area contributed by atoms with Gasteiger partial charge in [0.15, 0.2) is 5.75 Å². The number of rotatable bonds is 4. The fraction of sp³-hybridized carbons (Fsp3) is 0.333. The van der Waals surface area contributed by atoms with Crippen LogP contribution in [0, 0.1) is 0 Å². The van der Waals surface area contributed by atoms with Crippen LogP contribution in [-0.4, -0.2) is 22.6 Å². The van der Waals surface area contributed by atoms with Crippen LogP contribution in [0.2, 0.25) is 5.02 Å². The second-order valence-electron chi connectivity index (χ2n) is 4.86. The van der Waals surface area contributed by atoms with Gasteiger partial charge in [0.2, 0.25) is 0 Å². The molecule has 0 bridgehead atoms. The standard InChI is InChI=1S/C15H16ClN3O/c16-13-5-1-2-6-14(13)20-12-9-18-15(19-10-12)8-11-4-3-7-17-11/h1-2,5-6,9-11,17H,3-4,7-8H2. The van der Waals surface area contributed by atoms with E-state index in [-0.39, 0.29) is 0 Å². The maximum atomic E-state index is 6.04. The summed E-state index contributed by atoms with van der Waals surface area (Å²) in [7, 11) is 0. The lowest BCUT2D eigenvalue weighted by atomic mass is 10.1. The average molecular weight is 290 g/mol. The molecule has 3 rings (SSSR count). The summed E-state index contributed by atoms with van der Waals surface area (Å²) in [5, 5.41) is 4.01. The molecule has 0 saturated carbocycles. The summed E-state index contributed by atoms with van der Waals surface area (Å²) >= 11 is 6.04. The Balaban J connectivity index is 1.65. The molecule has 1 atom stereocenters. The van der Waals surface area contributed by atoms with Crippen molar-refractivity contribution in [3.8, 4) is 11.5 Å². The van der Waals surface area contributed by atoms with Gasteiger partial charge >= 0.3 is 0 Å². The van der Waals surface area contributed by atoms with Gasteiger partial charge in [-0.05, 0) is 31.5 Å². The van der Waals surface area contributed by atoms with Crippen LogP contribution in [0.4, 0.5) is 0 Å². The molecule has 1 saturated heterocycles. The van der Waals surface area contributed by atoms with Gasteiger partial charge in [-0.1, -0.05) is 23.7 Å². The molecule has 2 aromatic rings. The van der Waals surface area contributed by atoms with Crippen molar-refractivity contribution in [2.45, 2.75) is 25.3 Å². The average Bonchev–Trinajstić information content (AvgIpc) is 2.96. The van der Waals surface area contributed by atoms with Gasteiger partial charge in [0.25, 0.3) is 0 Å². The second-order valence-corrected chi connectivity index (χ2v) is 5.27. The zero-order chi connectivity index (χ0) is 13.8. The molecule has 2 heterocycles. The minimum atomic E-state index is 0.505. The van der Waals surface area contributed by atoms with E-state index in [2.05, 4.69) is 15.3 Å². The highest BCUT2D eigenvalue weighted by Gasteiger charge is 2.15. The molecule has 1 aliphatic heterocycles. The van der Waals surface area contributed by atoms with Crippen LogP contribution in [0.1, 0.15) is 18.7 Å². The minimum absolute atomic E-state index is 0.505. The molecule has 0 amide bonds. The highest BCUT2D eigenvalue weighted by molar-refractivity contribution is 6.32. The smallest absolute Gasteiger partial charge is 0.164 e. The monoisotopic (exact) mass is 289 g/mol. The number of nitrogens with zero attached hydrogens (tertiary/aromatic N) is 2. The number of ether oxygens (including phenoxy) is 1. The van der Waals surface area contributed by atoms with Crippen LogP contribution < -0.4 is 10.1 Å². The van der Waals surface area contributed by atoms with Crippen molar-refractivity contribution in [3.05, 3.63) is 47.5 Å². The van der Waals surface area contributed by atoms with E-state index >= 15 is 0 Å². The molecule has 0 radical (unpaired) electrons. The van der Waals surface area contributed by atoms with Gasteiger partial charge in [0.1, 0.15) is 11.6 Å². The van der Waals surface area contributed by atoms with Gasteiger partial charge in [-0.3, -0.25) is 0 Å². The molecule has 4 nitrogen and oxygen atoms in total. The molecule has 0 aliphatic carbocycles. The van der Waals surface area contributed by atoms with E-state index in [1.54, 1.807) is 18.5 Å². The van der Waals surface area contributed by atoms with Gasteiger partial charge in [-0.2, -0.15) is 0 Å². The highest BCUT2D eigenvalue weighted by Crippen LogP contribution is 2.27. The first-order valence-electron chi connectivity index (χ1n) is 6.78. The molecule has 1 unspecified atom stereocenters. The highest BCUT2D eigenvalue weighted by atomic mass is 35.5. The number of para-hydroxylation sites is 1. The first-order chi connectivity index (χ1) is 9.81. The zero-order valence-electron chi connectivity index (χ0n) is 11.1. The first-order valence-corrected chi connectivity index (χ1v) is 7.16. The van der Waals surface area contributed by atoms with Gasteiger partial charge in [0.05, 0.1) is 17.4 Å². The third-order valence-electron chi connectivity index (χ3n) is 3.34. The topological polar surface area (TPSA) is 47.0 Å². The van der Waals surface area contributed by atoms with Gasteiger partial charge in [-0.25, -0.2) is 9.97 Å². The summed E-state index contributed by atoms with van der Waals surface area (Å²) in [5.41, 5.74) is 0. The van der Waals surface area contributed by atoms with Crippen molar-refractivity contribution in [2.24, 2.45) is 0 Å². The van der Waals surface area contributed by atoms with Crippen LogP contribution in [0.15, 0.2) is 36.7 Å². The summed E-state index contributed by atoms with van der Waals surface area (Å²) in [4.78, 5) is 8.70. The van der Waals surface area contributed by atoms with Crippen molar-refractivity contribution in [3.63, 3.8) is 0 Å². The maximum absolute atomic E-state index is 6.04. The Labute approximate surface area is 123 Å². The number of benzene rings is 1. The maximum Gasteiger partial charge on any atom is 0.164 e. The predicted octanol–water partition coefficient (Wildman–Crippen LogP) is 3.22. The van der Waals surface area contributed by atoms with E-state index in [9.17, 15) is 0 Å². The number of aromatic nitrogens is 2. The lowest BCUT2D eigenvalue weighted by molar-refractivity contribution is 0.475. The Kier molecular flexibility index (Phi) is 4.14. The summed E-state index contributed by atoms with van der Waals surface area (Å²) in [6, 6.07) is 7.85. The Hall–Kier alpha value is -1.65. The fourth-order valence-electron chi connectivity index (χ4n) is 2.31. The lowest BCUT2D eigenvalue weighted by Gasteiger charge is -2.09. The van der Waals surface area contributed by atoms with Crippen LogP contribution in [0.5, 0.6) is 11.5 Å². The Morgan fingerprint density at radius 2 is 2.05 bits per heavy atom. The van der Waals surface area contributed by atoms with E-state index in [0.717, 1.165) is 18.8 Å². The van der Waals surface area contributed by atoms with Crippen LogP contribution in [0.3, 0.4) is 0 Å². The number of hydrogen-bond donors (Lipinski definition) is 1. The molecule has 20 heavy (non-hydrogen) atoms. The summed E-state index contributed by atoms with van der Waals surface area (Å²) in [6.07, 6.45) is 6.69. The van der Waals surface area contributed by atoms with Crippen LogP contribution in [-0.2, 0) is 6.42 Å². The quantitative estimate of drug-likeness (QED) is 0.939. The zero-order valence-corrected chi connectivity index (χ0v) is 11.8. The van der Waals surface area contributed by atoms with E-state index in [0.29, 0.717) is 22.6 Å². The van der Waals surface area contributed by atoms with Crippen LogP contribution in [0.25, 0.3) is 0 Å². The Morgan fingerprint density at radius 1 is 1.25 bits per heavy atom. The molecular weight excluding hydrogens is 274 g/mol. The Bertz CT molecular complexity index is 568. The number of halogens is 1. The van der Waals surface area contributed by atoms with E-state index in [1.807, 2.05) is 18.2 Å². The molecule has 1 aromatic carbocycles. The molecule has 1 aliphatic rings. The largest absolute Gasteiger partial charge is 0.453 e. The SMILES string of the molecule is Clc1ccccc1Oc1cnc(CC2CCCN2)nc1. The van der Waals surface area contributed by atoms with Crippen molar-refractivity contribution in [1.29, 1.82) is 0 Å². The predicted molar refractivity (Wildman–Crippen MR) is 78.3 cm³/mol. The normalized spacial score (nSPS) is 18.1. The number of hydrogen-bond acceptors (Lipinski definition) is 4. The van der Waals surface area contributed by atoms with E-state index in [4.69, 9.17) is 16.3 Å². The minimum Gasteiger partial charge on any atom is -0.453 e.